The maximum Gasteiger partial charge on any atom is 0.408 e. The SMILES string of the molecule is COC(=O)[C@H](Cc1ccc(Br)c2c1CCCO2)NC(=O)c1c(F)cc(N[C@H](C)C(F)(F)F)cc1F. The Hall–Kier alpha value is -2.89. The molecule has 190 valence electrons. The molecule has 0 spiro atoms. The Kier molecular flexibility index (Phi) is 8.24. The molecular formula is C23H22BrF5N2O4. The van der Waals surface area contributed by atoms with Gasteiger partial charge in [-0.3, -0.25) is 4.79 Å². The zero-order valence-corrected chi connectivity index (χ0v) is 20.3. The number of halogens is 6. The first-order valence-corrected chi connectivity index (χ1v) is 11.4. The van der Waals surface area contributed by atoms with Gasteiger partial charge in [-0.25, -0.2) is 13.6 Å². The van der Waals surface area contributed by atoms with E-state index in [2.05, 4.69) is 21.2 Å². The van der Waals surface area contributed by atoms with Crippen LogP contribution in [-0.2, 0) is 22.4 Å². The van der Waals surface area contributed by atoms with Crippen molar-refractivity contribution in [1.82, 2.24) is 5.32 Å². The third-order valence-electron chi connectivity index (χ3n) is 5.49. The summed E-state index contributed by atoms with van der Waals surface area (Å²) in [5.74, 6) is -4.26. The molecule has 0 saturated heterocycles. The van der Waals surface area contributed by atoms with Crippen LogP contribution < -0.4 is 15.4 Å². The van der Waals surface area contributed by atoms with E-state index in [-0.39, 0.29) is 6.42 Å². The Morgan fingerprint density at radius 3 is 2.46 bits per heavy atom. The molecular weight excluding hydrogens is 543 g/mol. The van der Waals surface area contributed by atoms with Crippen LogP contribution in [0.15, 0.2) is 28.7 Å². The minimum atomic E-state index is -4.64. The molecule has 2 N–H and O–H groups in total. The van der Waals surface area contributed by atoms with Gasteiger partial charge < -0.3 is 20.1 Å². The normalized spacial score (nSPS) is 14.9. The van der Waals surface area contributed by atoms with Crippen molar-refractivity contribution in [2.24, 2.45) is 0 Å². The molecule has 0 saturated carbocycles. The number of esters is 1. The monoisotopic (exact) mass is 564 g/mol. The Morgan fingerprint density at radius 2 is 1.86 bits per heavy atom. The van der Waals surface area contributed by atoms with Gasteiger partial charge in [0.25, 0.3) is 5.91 Å². The van der Waals surface area contributed by atoms with E-state index in [4.69, 9.17) is 9.47 Å². The summed E-state index contributed by atoms with van der Waals surface area (Å²) in [6.07, 6.45) is -3.27. The number of methoxy groups -OCH3 is 1. The number of hydrogen-bond acceptors (Lipinski definition) is 5. The number of fused-ring (bicyclic) bond motifs is 1. The van der Waals surface area contributed by atoms with Gasteiger partial charge in [0.15, 0.2) is 0 Å². The van der Waals surface area contributed by atoms with Crippen molar-refractivity contribution in [2.45, 2.75) is 44.4 Å². The average molecular weight is 565 g/mol. The first kappa shape index (κ1) is 26.7. The van der Waals surface area contributed by atoms with E-state index in [1.807, 2.05) is 5.32 Å². The van der Waals surface area contributed by atoms with E-state index < -0.39 is 53.0 Å². The summed E-state index contributed by atoms with van der Waals surface area (Å²) < 4.78 is 78.5. The molecule has 1 aliphatic rings. The van der Waals surface area contributed by atoms with Crippen molar-refractivity contribution in [3.8, 4) is 5.75 Å². The molecule has 2 atom stereocenters. The quantitative estimate of drug-likeness (QED) is 0.368. The van der Waals surface area contributed by atoms with Gasteiger partial charge in [-0.15, -0.1) is 0 Å². The van der Waals surface area contributed by atoms with Gasteiger partial charge in [-0.05, 0) is 65.0 Å². The topological polar surface area (TPSA) is 76.7 Å². The first-order chi connectivity index (χ1) is 16.4. The number of benzene rings is 2. The molecule has 2 aromatic carbocycles. The number of nitrogens with one attached hydrogen (secondary N) is 2. The Morgan fingerprint density at radius 1 is 1.20 bits per heavy atom. The van der Waals surface area contributed by atoms with E-state index >= 15 is 0 Å². The van der Waals surface area contributed by atoms with Gasteiger partial charge in [0, 0.05) is 12.1 Å². The average Bonchev–Trinajstić information content (AvgIpc) is 2.78. The van der Waals surface area contributed by atoms with Crippen LogP contribution in [0.25, 0.3) is 0 Å². The van der Waals surface area contributed by atoms with Crippen molar-refractivity contribution in [3.63, 3.8) is 0 Å². The largest absolute Gasteiger partial charge is 0.492 e. The fourth-order valence-corrected chi connectivity index (χ4v) is 4.16. The van der Waals surface area contributed by atoms with Crippen LogP contribution in [0.1, 0.15) is 34.8 Å². The molecule has 0 radical (unpaired) electrons. The number of rotatable bonds is 7. The number of carbonyl (C=O) groups is 2. The molecule has 1 aliphatic heterocycles. The lowest BCUT2D eigenvalue weighted by Gasteiger charge is -2.24. The standard InChI is InChI=1S/C23H22BrF5N2O4/c1-11(23(27,28)29)30-13-9-16(25)19(17(26)10-13)21(32)31-18(22(33)34-2)8-12-5-6-15(24)20-14(12)4-3-7-35-20/h5-6,9-11,18,30H,3-4,7-8H2,1-2H3,(H,31,32)/t11-,18+/m1/s1. The lowest BCUT2D eigenvalue weighted by atomic mass is 9.95. The second kappa shape index (κ2) is 10.8. The predicted molar refractivity (Wildman–Crippen MR) is 120 cm³/mol. The van der Waals surface area contributed by atoms with Crippen molar-refractivity contribution >= 4 is 33.5 Å². The molecule has 0 unspecified atom stereocenters. The van der Waals surface area contributed by atoms with Crippen molar-refractivity contribution in [1.29, 1.82) is 0 Å². The summed E-state index contributed by atoms with van der Waals surface area (Å²) in [7, 11) is 1.10. The maximum atomic E-state index is 14.6. The van der Waals surface area contributed by atoms with Gasteiger partial charge in [0.05, 0.1) is 18.2 Å². The fourth-order valence-electron chi connectivity index (χ4n) is 3.68. The molecule has 1 heterocycles. The van der Waals surface area contributed by atoms with Gasteiger partial charge in [-0.1, -0.05) is 6.07 Å². The van der Waals surface area contributed by atoms with Crippen LogP contribution in [0.2, 0.25) is 0 Å². The zero-order valence-electron chi connectivity index (χ0n) is 18.7. The number of hydrogen-bond donors (Lipinski definition) is 2. The number of amides is 1. The zero-order chi connectivity index (χ0) is 25.9. The predicted octanol–water partition coefficient (Wildman–Crippen LogP) is 4.93. The summed E-state index contributed by atoms with van der Waals surface area (Å²) in [6.45, 7) is 1.31. The highest BCUT2D eigenvalue weighted by Gasteiger charge is 2.36. The van der Waals surface area contributed by atoms with Gasteiger partial charge in [0.2, 0.25) is 0 Å². The molecule has 0 bridgehead atoms. The Labute approximate surface area is 206 Å². The van der Waals surface area contributed by atoms with Crippen molar-refractivity contribution in [3.05, 3.63) is 57.1 Å². The summed E-state index contributed by atoms with van der Waals surface area (Å²) in [5, 5.41) is 4.21. The fraction of sp³-hybridized carbons (Fsp3) is 0.391. The molecule has 2 aromatic rings. The van der Waals surface area contributed by atoms with E-state index in [0.29, 0.717) is 36.5 Å². The molecule has 1 amide bonds. The lowest BCUT2D eigenvalue weighted by molar-refractivity contribution is -0.143. The number of ether oxygens (including phenoxy) is 2. The summed E-state index contributed by atoms with van der Waals surface area (Å²) in [4.78, 5) is 25.1. The minimum absolute atomic E-state index is 0.0383. The van der Waals surface area contributed by atoms with E-state index in [9.17, 15) is 31.5 Å². The van der Waals surface area contributed by atoms with E-state index in [0.717, 1.165) is 30.5 Å². The summed E-state index contributed by atoms with van der Waals surface area (Å²) in [5.41, 5.74) is -0.0155. The van der Waals surface area contributed by atoms with Gasteiger partial charge in [0.1, 0.15) is 35.0 Å². The lowest BCUT2D eigenvalue weighted by Crippen LogP contribution is -2.44. The molecule has 6 nitrogen and oxygen atoms in total. The van der Waals surface area contributed by atoms with E-state index in [1.54, 1.807) is 12.1 Å². The van der Waals surface area contributed by atoms with Crippen LogP contribution >= 0.6 is 15.9 Å². The Bertz CT molecular complexity index is 1100. The molecule has 35 heavy (non-hydrogen) atoms. The highest BCUT2D eigenvalue weighted by molar-refractivity contribution is 9.10. The summed E-state index contributed by atoms with van der Waals surface area (Å²) in [6, 6.07) is 1.25. The third-order valence-corrected chi connectivity index (χ3v) is 6.11. The molecule has 12 heteroatoms. The number of anilines is 1. The smallest absolute Gasteiger partial charge is 0.408 e. The van der Waals surface area contributed by atoms with Crippen LogP contribution in [0.4, 0.5) is 27.6 Å². The number of alkyl halides is 3. The van der Waals surface area contributed by atoms with Crippen molar-refractivity contribution < 1.29 is 41.0 Å². The number of carbonyl (C=O) groups excluding carboxylic acids is 2. The second-order valence-corrected chi connectivity index (χ2v) is 8.80. The molecule has 3 rings (SSSR count). The van der Waals surface area contributed by atoms with E-state index in [1.165, 1.54) is 0 Å². The molecule has 0 aromatic heterocycles. The summed E-state index contributed by atoms with van der Waals surface area (Å²) >= 11 is 3.41. The van der Waals surface area contributed by atoms with Crippen LogP contribution in [-0.4, -0.2) is 43.9 Å². The van der Waals surface area contributed by atoms with Crippen LogP contribution in [0, 0.1) is 11.6 Å². The van der Waals surface area contributed by atoms with Crippen LogP contribution in [0.5, 0.6) is 5.75 Å². The minimum Gasteiger partial charge on any atom is -0.492 e. The first-order valence-electron chi connectivity index (χ1n) is 10.6. The maximum absolute atomic E-state index is 14.6. The molecule has 0 aliphatic carbocycles. The van der Waals surface area contributed by atoms with Gasteiger partial charge in [-0.2, -0.15) is 13.2 Å². The highest BCUT2D eigenvalue weighted by atomic mass is 79.9. The third kappa shape index (κ3) is 6.22. The van der Waals surface area contributed by atoms with Crippen LogP contribution in [0.3, 0.4) is 0 Å². The molecule has 0 fully saturated rings. The Balaban J connectivity index is 1.84. The van der Waals surface area contributed by atoms with Crippen molar-refractivity contribution in [2.75, 3.05) is 19.0 Å². The second-order valence-electron chi connectivity index (χ2n) is 7.94. The van der Waals surface area contributed by atoms with Gasteiger partial charge >= 0.3 is 12.1 Å². The highest BCUT2D eigenvalue weighted by Crippen LogP contribution is 2.36.